The number of nitrogens with zero attached hydrogens (tertiary/aromatic N) is 4. The van der Waals surface area contributed by atoms with Gasteiger partial charge in [-0.1, -0.05) is 24.3 Å². The van der Waals surface area contributed by atoms with Crippen LogP contribution in [-0.2, 0) is 11.3 Å². The average Bonchev–Trinajstić information content (AvgIpc) is 3.14. The fourth-order valence-corrected chi connectivity index (χ4v) is 3.99. The van der Waals surface area contributed by atoms with Gasteiger partial charge in [-0.2, -0.15) is 0 Å². The minimum atomic E-state index is -0.00599. The first-order valence-electron chi connectivity index (χ1n) is 11.1. The van der Waals surface area contributed by atoms with Crippen molar-refractivity contribution in [2.45, 2.75) is 26.3 Å². The molecule has 0 saturated carbocycles. The fraction of sp³-hybridized carbons (Fsp3) is 0.375. The molecule has 0 aliphatic carbocycles. The number of hydrogen-bond donors (Lipinski definition) is 2. The molecule has 3 aromatic rings. The number of aromatic nitrogens is 2. The molecule has 0 atom stereocenters. The van der Waals surface area contributed by atoms with Gasteiger partial charge in [0.2, 0.25) is 0 Å². The summed E-state index contributed by atoms with van der Waals surface area (Å²) in [5.74, 6) is 2.56. The van der Waals surface area contributed by atoms with E-state index < -0.39 is 0 Å². The number of amides is 1. The summed E-state index contributed by atoms with van der Waals surface area (Å²) in [6.45, 7) is 5.20. The number of benzene rings is 2. The first-order chi connectivity index (χ1) is 15.7. The summed E-state index contributed by atoms with van der Waals surface area (Å²) in [5.41, 5.74) is 3.05. The van der Waals surface area contributed by atoms with E-state index in [1.165, 1.54) is 5.52 Å². The zero-order chi connectivity index (χ0) is 22.3. The van der Waals surface area contributed by atoms with Gasteiger partial charge < -0.3 is 24.8 Å². The van der Waals surface area contributed by atoms with Crippen LogP contribution in [0, 0.1) is 6.92 Å². The molecular weight excluding hydrogens is 404 g/mol. The smallest absolute Gasteiger partial charge is 0.265 e. The van der Waals surface area contributed by atoms with Crippen molar-refractivity contribution in [1.29, 1.82) is 0 Å². The van der Waals surface area contributed by atoms with E-state index in [1.54, 1.807) is 11.9 Å². The maximum Gasteiger partial charge on any atom is 0.265 e. The SMILES string of the molecule is CN=C(NCCCN1C(=O)COc2ccccc21)NCCCn1c(C)nc2ccccc21. The molecule has 0 spiro atoms. The number of ether oxygens (including phenoxy) is 1. The number of guanidine groups is 1. The number of imidazole rings is 1. The van der Waals surface area contributed by atoms with Crippen LogP contribution in [0.1, 0.15) is 18.7 Å². The van der Waals surface area contributed by atoms with Crippen molar-refractivity contribution in [3.05, 3.63) is 54.4 Å². The van der Waals surface area contributed by atoms with Gasteiger partial charge in [-0.3, -0.25) is 9.79 Å². The number of rotatable bonds is 8. The first-order valence-corrected chi connectivity index (χ1v) is 11.1. The lowest BCUT2D eigenvalue weighted by atomic mass is 10.2. The summed E-state index contributed by atoms with van der Waals surface area (Å²) in [6, 6.07) is 15.9. The number of carbonyl (C=O) groups excluding carboxylic acids is 1. The normalized spacial score (nSPS) is 13.8. The molecule has 168 valence electrons. The van der Waals surface area contributed by atoms with Crippen LogP contribution in [0.3, 0.4) is 0 Å². The molecule has 1 aromatic heterocycles. The van der Waals surface area contributed by atoms with Gasteiger partial charge in [-0.15, -0.1) is 0 Å². The van der Waals surface area contributed by atoms with E-state index in [1.807, 2.05) is 49.4 Å². The van der Waals surface area contributed by atoms with E-state index in [-0.39, 0.29) is 12.5 Å². The fourth-order valence-electron chi connectivity index (χ4n) is 3.99. The van der Waals surface area contributed by atoms with Crippen LogP contribution in [-0.4, -0.2) is 54.7 Å². The van der Waals surface area contributed by atoms with Gasteiger partial charge in [0.1, 0.15) is 11.6 Å². The molecule has 2 N–H and O–H groups in total. The van der Waals surface area contributed by atoms with E-state index in [9.17, 15) is 4.79 Å². The standard InChI is InChI=1S/C24H30N6O2/c1-18-28-19-9-3-4-10-20(19)29(18)15-7-13-26-24(25-2)27-14-8-16-30-21-11-5-6-12-22(21)32-17-23(30)31/h3-6,9-12H,7-8,13-17H2,1-2H3,(H2,25,26,27). The van der Waals surface area contributed by atoms with Gasteiger partial charge in [-0.25, -0.2) is 4.98 Å². The minimum Gasteiger partial charge on any atom is -0.482 e. The highest BCUT2D eigenvalue weighted by Crippen LogP contribution is 2.31. The number of para-hydroxylation sites is 4. The Morgan fingerprint density at radius 3 is 2.59 bits per heavy atom. The molecule has 1 aliphatic heterocycles. The third-order valence-electron chi connectivity index (χ3n) is 5.58. The largest absolute Gasteiger partial charge is 0.482 e. The highest BCUT2D eigenvalue weighted by molar-refractivity contribution is 5.97. The lowest BCUT2D eigenvalue weighted by Crippen LogP contribution is -2.42. The molecule has 0 bridgehead atoms. The summed E-state index contributed by atoms with van der Waals surface area (Å²) in [6.07, 6.45) is 1.77. The van der Waals surface area contributed by atoms with Crippen LogP contribution in [0.4, 0.5) is 5.69 Å². The molecule has 0 unspecified atom stereocenters. The van der Waals surface area contributed by atoms with E-state index >= 15 is 0 Å². The Labute approximate surface area is 188 Å². The van der Waals surface area contributed by atoms with Gasteiger partial charge in [0.25, 0.3) is 5.91 Å². The summed E-state index contributed by atoms with van der Waals surface area (Å²) < 4.78 is 7.75. The summed E-state index contributed by atoms with van der Waals surface area (Å²) in [4.78, 5) is 23.0. The summed E-state index contributed by atoms with van der Waals surface area (Å²) in [7, 11) is 1.77. The Morgan fingerprint density at radius 1 is 1.06 bits per heavy atom. The molecule has 2 heterocycles. The zero-order valence-corrected chi connectivity index (χ0v) is 18.7. The second kappa shape index (κ2) is 10.2. The van der Waals surface area contributed by atoms with Crippen LogP contribution >= 0.6 is 0 Å². The summed E-state index contributed by atoms with van der Waals surface area (Å²) >= 11 is 0. The Balaban J connectivity index is 1.20. The predicted molar refractivity (Wildman–Crippen MR) is 127 cm³/mol. The summed E-state index contributed by atoms with van der Waals surface area (Å²) in [5, 5.41) is 6.70. The first kappa shape index (κ1) is 21.7. The number of carbonyl (C=O) groups is 1. The highest BCUT2D eigenvalue weighted by Gasteiger charge is 2.24. The topological polar surface area (TPSA) is 83.8 Å². The number of hydrogen-bond acceptors (Lipinski definition) is 4. The molecule has 2 aromatic carbocycles. The Kier molecular flexibility index (Phi) is 6.89. The Bertz CT molecular complexity index is 1110. The van der Waals surface area contributed by atoms with Gasteiger partial charge in [0.05, 0.1) is 16.7 Å². The molecule has 0 saturated heterocycles. The Hall–Kier alpha value is -3.55. The van der Waals surface area contributed by atoms with E-state index in [2.05, 4.69) is 31.2 Å². The van der Waals surface area contributed by atoms with Crippen molar-refractivity contribution in [3.63, 3.8) is 0 Å². The van der Waals surface area contributed by atoms with Crippen molar-refractivity contribution in [1.82, 2.24) is 20.2 Å². The molecule has 0 fully saturated rings. The molecule has 0 radical (unpaired) electrons. The van der Waals surface area contributed by atoms with E-state index in [0.717, 1.165) is 61.2 Å². The van der Waals surface area contributed by atoms with Crippen molar-refractivity contribution < 1.29 is 9.53 Å². The second-order valence-corrected chi connectivity index (χ2v) is 7.73. The van der Waals surface area contributed by atoms with E-state index in [4.69, 9.17) is 4.74 Å². The Morgan fingerprint density at radius 2 is 1.78 bits per heavy atom. The number of aryl methyl sites for hydroxylation is 2. The predicted octanol–water partition coefficient (Wildman–Crippen LogP) is 2.72. The van der Waals surface area contributed by atoms with Crippen molar-refractivity contribution >= 4 is 28.6 Å². The highest BCUT2D eigenvalue weighted by atomic mass is 16.5. The lowest BCUT2D eigenvalue weighted by Gasteiger charge is -2.29. The second-order valence-electron chi connectivity index (χ2n) is 7.73. The average molecular weight is 435 g/mol. The molecule has 8 nitrogen and oxygen atoms in total. The van der Waals surface area contributed by atoms with Gasteiger partial charge in [0, 0.05) is 33.2 Å². The van der Waals surface area contributed by atoms with Gasteiger partial charge in [-0.05, 0) is 44.0 Å². The van der Waals surface area contributed by atoms with Crippen molar-refractivity contribution in [3.8, 4) is 5.75 Å². The molecule has 4 rings (SSSR count). The third kappa shape index (κ3) is 4.85. The molecular formula is C24H30N6O2. The van der Waals surface area contributed by atoms with Crippen LogP contribution in [0.25, 0.3) is 11.0 Å². The number of anilines is 1. The minimum absolute atomic E-state index is 0.00599. The monoisotopic (exact) mass is 434 g/mol. The van der Waals surface area contributed by atoms with Gasteiger partial charge >= 0.3 is 0 Å². The third-order valence-corrected chi connectivity index (χ3v) is 5.58. The van der Waals surface area contributed by atoms with Crippen molar-refractivity contribution in [2.24, 2.45) is 4.99 Å². The molecule has 1 amide bonds. The lowest BCUT2D eigenvalue weighted by molar-refractivity contribution is -0.121. The number of aliphatic imine (C=N–C) groups is 1. The van der Waals surface area contributed by atoms with E-state index in [0.29, 0.717) is 6.54 Å². The molecule has 1 aliphatic rings. The van der Waals surface area contributed by atoms with Gasteiger partial charge in [0.15, 0.2) is 12.6 Å². The quantitative estimate of drug-likeness (QED) is 0.324. The van der Waals surface area contributed by atoms with Crippen LogP contribution < -0.4 is 20.3 Å². The number of fused-ring (bicyclic) bond motifs is 2. The van der Waals surface area contributed by atoms with Crippen LogP contribution in [0.15, 0.2) is 53.5 Å². The van der Waals surface area contributed by atoms with Crippen LogP contribution in [0.5, 0.6) is 5.75 Å². The maximum atomic E-state index is 12.3. The van der Waals surface area contributed by atoms with Crippen LogP contribution in [0.2, 0.25) is 0 Å². The molecule has 8 heteroatoms. The zero-order valence-electron chi connectivity index (χ0n) is 18.7. The maximum absolute atomic E-state index is 12.3. The van der Waals surface area contributed by atoms with Crippen molar-refractivity contribution in [2.75, 3.05) is 38.2 Å². The number of nitrogens with one attached hydrogen (secondary N) is 2. The molecule has 32 heavy (non-hydrogen) atoms.